The third-order valence-corrected chi connectivity index (χ3v) is 0.915. The molecule has 0 amide bonds. The summed E-state index contributed by atoms with van der Waals surface area (Å²) in [5.74, 6) is -2.69. The molecule has 0 saturated carbocycles. The van der Waals surface area contributed by atoms with Gasteiger partial charge in [0.15, 0.2) is 0 Å². The number of carboxylic acid groups (broad SMARTS) is 1. The van der Waals surface area contributed by atoms with E-state index in [4.69, 9.17) is 10.00 Å². The van der Waals surface area contributed by atoms with Crippen LogP contribution in [-0.2, 0) is 13.9 Å². The molecule has 1 unspecified atom stereocenters. The molecule has 58 valence electrons. The number of rotatable bonds is 3. The Morgan fingerprint density at radius 1 is 1.64 bits per heavy atom. The maximum Gasteiger partial charge on any atom is 1.00 e. The van der Waals surface area contributed by atoms with Crippen molar-refractivity contribution in [3.63, 3.8) is 0 Å². The standard InChI is InChI=1S/C3H5O6P.K/c1-2(3(4)5)9-10(6,7)8;/h1H2,(H,4,5)(H2,6,7,8);/q;+1/p-1. The summed E-state index contributed by atoms with van der Waals surface area (Å²) in [5.41, 5.74) is 0. The molecule has 0 aliphatic carbocycles. The Hall–Kier alpha value is 0.796. The zero-order valence-electron chi connectivity index (χ0n) is 5.68. The second-order valence-corrected chi connectivity index (χ2v) is 2.41. The van der Waals surface area contributed by atoms with E-state index in [1.165, 1.54) is 0 Å². The van der Waals surface area contributed by atoms with Crippen LogP contribution in [0.25, 0.3) is 0 Å². The smallest absolute Gasteiger partial charge is 0.746 e. The molecular weight excluding hydrogens is 202 g/mol. The number of hydrogen-bond donors (Lipinski definition) is 2. The molecule has 0 heterocycles. The van der Waals surface area contributed by atoms with Gasteiger partial charge in [-0.25, -0.2) is 4.79 Å². The van der Waals surface area contributed by atoms with Crippen LogP contribution in [0.5, 0.6) is 0 Å². The molecule has 0 fully saturated rings. The van der Waals surface area contributed by atoms with Crippen molar-refractivity contribution in [2.45, 2.75) is 0 Å². The molecule has 6 nitrogen and oxygen atoms in total. The second-order valence-electron chi connectivity index (χ2n) is 1.29. The van der Waals surface area contributed by atoms with E-state index in [1.54, 1.807) is 0 Å². The largest absolute Gasteiger partial charge is 1.00 e. The van der Waals surface area contributed by atoms with Crippen LogP contribution in [0.4, 0.5) is 0 Å². The summed E-state index contributed by atoms with van der Waals surface area (Å²) >= 11 is 0. The minimum absolute atomic E-state index is 0. The fraction of sp³-hybridized carbons (Fsp3) is 0. The number of carbonyl (C=O) groups is 1. The van der Waals surface area contributed by atoms with Crippen molar-refractivity contribution < 1.29 is 80.2 Å². The van der Waals surface area contributed by atoms with Gasteiger partial charge in [-0.15, -0.1) is 0 Å². The third kappa shape index (κ3) is 8.70. The van der Waals surface area contributed by atoms with E-state index in [0.29, 0.717) is 0 Å². The fourth-order valence-corrected chi connectivity index (χ4v) is 0.535. The van der Waals surface area contributed by atoms with Crippen molar-refractivity contribution in [3.8, 4) is 0 Å². The third-order valence-electron chi connectivity index (χ3n) is 0.464. The zero-order chi connectivity index (χ0) is 8.36. The molecule has 0 aliphatic rings. The van der Waals surface area contributed by atoms with Crippen LogP contribution < -0.4 is 56.3 Å². The quantitative estimate of drug-likeness (QED) is 0.211. The predicted octanol–water partition coefficient (Wildman–Crippen LogP) is -3.93. The molecule has 0 aromatic carbocycles. The minimum atomic E-state index is -5.01. The fourth-order valence-electron chi connectivity index (χ4n) is 0.178. The summed E-state index contributed by atoms with van der Waals surface area (Å²) in [6, 6.07) is 0. The van der Waals surface area contributed by atoms with Crippen LogP contribution >= 0.6 is 7.82 Å². The minimum Gasteiger partial charge on any atom is -0.746 e. The van der Waals surface area contributed by atoms with Gasteiger partial charge in [-0.1, -0.05) is 0 Å². The summed E-state index contributed by atoms with van der Waals surface area (Å²) in [6.07, 6.45) is 0. The number of phosphoric ester groups is 1. The van der Waals surface area contributed by atoms with Gasteiger partial charge in [0.25, 0.3) is 0 Å². The van der Waals surface area contributed by atoms with Crippen molar-refractivity contribution >= 4 is 13.8 Å². The molecule has 0 aliphatic heterocycles. The van der Waals surface area contributed by atoms with E-state index in [9.17, 15) is 14.3 Å². The molecular formula is C3H4KO6P. The van der Waals surface area contributed by atoms with Gasteiger partial charge in [0.2, 0.25) is 5.76 Å². The van der Waals surface area contributed by atoms with Crippen molar-refractivity contribution in [2.75, 3.05) is 0 Å². The summed E-state index contributed by atoms with van der Waals surface area (Å²) in [4.78, 5) is 27.5. The molecule has 8 heteroatoms. The second kappa shape index (κ2) is 5.44. The van der Waals surface area contributed by atoms with Gasteiger partial charge >= 0.3 is 65.2 Å². The number of aliphatic carboxylic acids is 1. The SMILES string of the molecule is C=C(OP(=O)([O-])O)C(=O)O.[K+]. The molecule has 1 atom stereocenters. The summed E-state index contributed by atoms with van der Waals surface area (Å²) < 4.78 is 13.2. The van der Waals surface area contributed by atoms with Crippen LogP contribution in [0.3, 0.4) is 0 Å². The molecule has 11 heavy (non-hydrogen) atoms. The van der Waals surface area contributed by atoms with Crippen molar-refractivity contribution in [1.82, 2.24) is 0 Å². The molecule has 0 aromatic rings. The van der Waals surface area contributed by atoms with Crippen LogP contribution in [0.2, 0.25) is 0 Å². The molecule has 0 rings (SSSR count). The Bertz CT molecular complexity index is 206. The molecule has 0 spiro atoms. The Labute approximate surface area is 105 Å². The molecule has 0 bridgehead atoms. The topological polar surface area (TPSA) is 107 Å². The van der Waals surface area contributed by atoms with Gasteiger partial charge in [0, 0.05) is 0 Å². The number of phosphoric acid groups is 1. The van der Waals surface area contributed by atoms with Crippen molar-refractivity contribution in [2.24, 2.45) is 0 Å². The van der Waals surface area contributed by atoms with Crippen LogP contribution in [0.15, 0.2) is 12.3 Å². The first-order valence-corrected chi connectivity index (χ1v) is 3.48. The van der Waals surface area contributed by atoms with Crippen molar-refractivity contribution in [3.05, 3.63) is 12.3 Å². The molecule has 0 aromatic heterocycles. The van der Waals surface area contributed by atoms with E-state index in [0.717, 1.165) is 0 Å². The maximum absolute atomic E-state index is 9.78. The first-order valence-electron chi connectivity index (χ1n) is 1.98. The first kappa shape index (κ1) is 14.3. The predicted molar refractivity (Wildman–Crippen MR) is 27.7 cm³/mol. The Morgan fingerprint density at radius 3 is 2.09 bits per heavy atom. The maximum atomic E-state index is 9.78. The Kier molecular flexibility index (Phi) is 7.09. The van der Waals surface area contributed by atoms with Gasteiger partial charge in [-0.3, -0.25) is 4.57 Å². The monoisotopic (exact) mass is 206 g/mol. The summed E-state index contributed by atoms with van der Waals surface area (Å²) in [7, 11) is -5.01. The van der Waals surface area contributed by atoms with Crippen LogP contribution in [-0.4, -0.2) is 16.0 Å². The molecule has 2 N–H and O–H groups in total. The van der Waals surface area contributed by atoms with E-state index in [1.807, 2.05) is 0 Å². The number of carboxylic acids is 1. The van der Waals surface area contributed by atoms with Gasteiger partial charge in [0.05, 0.1) is 0 Å². The van der Waals surface area contributed by atoms with E-state index < -0.39 is 19.6 Å². The average molecular weight is 206 g/mol. The van der Waals surface area contributed by atoms with Crippen molar-refractivity contribution in [1.29, 1.82) is 0 Å². The normalized spacial score (nSPS) is 14.0. The van der Waals surface area contributed by atoms with E-state index in [-0.39, 0.29) is 51.4 Å². The molecule has 0 saturated heterocycles. The van der Waals surface area contributed by atoms with E-state index >= 15 is 0 Å². The molecule has 0 radical (unpaired) electrons. The van der Waals surface area contributed by atoms with Gasteiger partial charge in [0.1, 0.15) is 0 Å². The average Bonchev–Trinajstić information content (AvgIpc) is 1.60. The zero-order valence-corrected chi connectivity index (χ0v) is 9.70. The van der Waals surface area contributed by atoms with Gasteiger partial charge in [-0.05, 0) is 6.58 Å². The van der Waals surface area contributed by atoms with Gasteiger partial charge in [-0.2, -0.15) is 0 Å². The summed E-state index contributed by atoms with van der Waals surface area (Å²) in [6.45, 7) is 2.69. The number of hydrogen-bond acceptors (Lipinski definition) is 4. The van der Waals surface area contributed by atoms with Gasteiger partial charge < -0.3 is 19.4 Å². The Morgan fingerprint density at radius 2 is 2.00 bits per heavy atom. The van der Waals surface area contributed by atoms with Crippen LogP contribution in [0, 0.1) is 0 Å². The van der Waals surface area contributed by atoms with Crippen LogP contribution in [0.1, 0.15) is 0 Å². The Balaban J connectivity index is 0. The first-order chi connectivity index (χ1) is 4.33. The van der Waals surface area contributed by atoms with E-state index in [2.05, 4.69) is 11.1 Å². The summed E-state index contributed by atoms with van der Waals surface area (Å²) in [5, 5.41) is 7.95.